The van der Waals surface area contributed by atoms with E-state index in [1.807, 2.05) is 19.1 Å². The molecular weight excluding hydrogens is 621 g/mol. The molecule has 0 aliphatic heterocycles. The van der Waals surface area contributed by atoms with E-state index in [9.17, 15) is 9.50 Å². The number of aliphatic hydroxyl groups is 1. The normalized spacial score (nSPS) is 12.1. The van der Waals surface area contributed by atoms with Crippen LogP contribution in [0.25, 0.3) is 11.1 Å². The van der Waals surface area contributed by atoms with Gasteiger partial charge in [0.25, 0.3) is 0 Å². The molecule has 1 unspecified atom stereocenters. The lowest BCUT2D eigenvalue weighted by atomic mass is 9.96. The molecule has 8 heteroatoms. The molecule has 0 aliphatic carbocycles. The SMILES string of the molecule is C=CCOc1cc(I)cc(I)c1C(O)c1c(-c2ccc(F)cc2Cl)c(C)nn1C. The number of hydrogen-bond acceptors (Lipinski definition) is 3. The van der Waals surface area contributed by atoms with Gasteiger partial charge in [-0.3, -0.25) is 4.68 Å². The maximum atomic E-state index is 13.6. The predicted octanol–water partition coefficient (Wildman–Crippen LogP) is 6.04. The second kappa shape index (κ2) is 9.32. The van der Waals surface area contributed by atoms with Crippen LogP contribution in [-0.2, 0) is 7.05 Å². The van der Waals surface area contributed by atoms with Crippen molar-refractivity contribution in [2.24, 2.45) is 7.05 Å². The monoisotopic (exact) mass is 638 g/mol. The van der Waals surface area contributed by atoms with Gasteiger partial charge in [0, 0.05) is 30.9 Å². The van der Waals surface area contributed by atoms with E-state index in [0.29, 0.717) is 40.4 Å². The predicted molar refractivity (Wildman–Crippen MR) is 130 cm³/mol. The Morgan fingerprint density at radius 1 is 1.34 bits per heavy atom. The first-order chi connectivity index (χ1) is 13.7. The summed E-state index contributed by atoms with van der Waals surface area (Å²) in [4.78, 5) is 0. The average molecular weight is 639 g/mol. The summed E-state index contributed by atoms with van der Waals surface area (Å²) in [6.45, 7) is 5.84. The lowest BCUT2D eigenvalue weighted by Crippen LogP contribution is -2.12. The lowest BCUT2D eigenvalue weighted by molar-refractivity contribution is 0.202. The summed E-state index contributed by atoms with van der Waals surface area (Å²) in [6.07, 6.45) is 0.627. The minimum atomic E-state index is -1.03. The van der Waals surface area contributed by atoms with Crippen molar-refractivity contribution >= 4 is 56.8 Å². The molecule has 1 heterocycles. The number of ether oxygens (including phenoxy) is 1. The van der Waals surface area contributed by atoms with E-state index in [-0.39, 0.29) is 5.02 Å². The Morgan fingerprint density at radius 2 is 2.07 bits per heavy atom. The maximum absolute atomic E-state index is 13.6. The summed E-state index contributed by atoms with van der Waals surface area (Å²) in [5.74, 6) is 0.151. The van der Waals surface area contributed by atoms with Gasteiger partial charge in [-0.2, -0.15) is 5.10 Å². The van der Waals surface area contributed by atoms with Gasteiger partial charge in [-0.05, 0) is 82.4 Å². The zero-order chi connectivity index (χ0) is 21.3. The van der Waals surface area contributed by atoms with Crippen LogP contribution in [0.2, 0.25) is 5.02 Å². The van der Waals surface area contributed by atoms with Crippen molar-refractivity contribution in [2.75, 3.05) is 6.61 Å². The van der Waals surface area contributed by atoms with Crippen molar-refractivity contribution in [1.29, 1.82) is 0 Å². The van der Waals surface area contributed by atoms with Crippen LogP contribution in [0, 0.1) is 19.9 Å². The highest BCUT2D eigenvalue weighted by atomic mass is 127. The fourth-order valence-corrected chi connectivity index (χ4v) is 5.59. The van der Waals surface area contributed by atoms with Crippen LogP contribution >= 0.6 is 56.8 Å². The molecule has 1 N–H and O–H groups in total. The fourth-order valence-electron chi connectivity index (χ4n) is 3.25. The molecule has 0 aliphatic rings. The third-order valence-corrected chi connectivity index (χ3v) is 6.24. The topological polar surface area (TPSA) is 47.3 Å². The van der Waals surface area contributed by atoms with E-state index in [1.165, 1.54) is 12.1 Å². The third kappa shape index (κ3) is 4.62. The van der Waals surface area contributed by atoms with Gasteiger partial charge in [0.2, 0.25) is 0 Å². The van der Waals surface area contributed by atoms with Crippen molar-refractivity contribution in [3.8, 4) is 16.9 Å². The van der Waals surface area contributed by atoms with Crippen molar-refractivity contribution in [3.05, 3.63) is 77.9 Å². The Hall–Kier alpha value is -1.17. The van der Waals surface area contributed by atoms with E-state index in [2.05, 4.69) is 56.9 Å². The Bertz CT molecular complexity index is 1090. The summed E-state index contributed by atoms with van der Waals surface area (Å²) in [7, 11) is 1.76. The lowest BCUT2D eigenvalue weighted by Gasteiger charge is -2.20. The number of nitrogens with zero attached hydrogens (tertiary/aromatic N) is 2. The molecule has 0 amide bonds. The van der Waals surface area contributed by atoms with Gasteiger partial charge in [0.05, 0.1) is 16.4 Å². The van der Waals surface area contributed by atoms with Crippen LogP contribution in [0.3, 0.4) is 0 Å². The first kappa shape index (κ1) is 22.5. The van der Waals surface area contributed by atoms with Crippen LogP contribution in [0.1, 0.15) is 23.1 Å². The standard InChI is InChI=1S/C21H18ClFI2N2O2/c1-4-7-29-17-10-13(24)9-16(25)19(17)21(28)20-18(11(2)26-27(20)3)14-6-5-12(23)8-15(14)22/h4-6,8-10,21,28H,1,7H2,2-3H3. The highest BCUT2D eigenvalue weighted by Gasteiger charge is 2.28. The van der Waals surface area contributed by atoms with Crippen LogP contribution in [-0.4, -0.2) is 21.5 Å². The number of aromatic nitrogens is 2. The first-order valence-corrected chi connectivity index (χ1v) is 11.2. The highest BCUT2D eigenvalue weighted by molar-refractivity contribution is 14.1. The molecule has 0 spiro atoms. The van der Waals surface area contributed by atoms with Crippen LogP contribution in [0.5, 0.6) is 5.75 Å². The Kier molecular flexibility index (Phi) is 7.23. The maximum Gasteiger partial charge on any atom is 0.128 e. The van der Waals surface area contributed by atoms with Crippen LogP contribution in [0.15, 0.2) is 43.0 Å². The molecule has 1 atom stereocenters. The molecule has 1 aromatic heterocycles. The number of aliphatic hydroxyl groups excluding tert-OH is 1. The Balaban J connectivity index is 2.21. The van der Waals surface area contributed by atoms with E-state index in [1.54, 1.807) is 23.9 Å². The van der Waals surface area contributed by atoms with Gasteiger partial charge in [-0.1, -0.05) is 24.3 Å². The second-order valence-electron chi connectivity index (χ2n) is 6.40. The molecule has 29 heavy (non-hydrogen) atoms. The molecule has 4 nitrogen and oxygen atoms in total. The number of rotatable bonds is 6. The number of benzene rings is 2. The van der Waals surface area contributed by atoms with Crippen LogP contribution < -0.4 is 4.74 Å². The van der Waals surface area contributed by atoms with E-state index >= 15 is 0 Å². The summed E-state index contributed by atoms with van der Waals surface area (Å²) >= 11 is 10.7. The quantitative estimate of drug-likeness (QED) is 0.265. The van der Waals surface area contributed by atoms with Gasteiger partial charge < -0.3 is 9.84 Å². The minimum Gasteiger partial charge on any atom is -0.489 e. The van der Waals surface area contributed by atoms with Gasteiger partial charge in [-0.25, -0.2) is 4.39 Å². The van der Waals surface area contributed by atoms with Crippen LogP contribution in [0.4, 0.5) is 4.39 Å². The highest BCUT2D eigenvalue weighted by Crippen LogP contribution is 2.41. The molecule has 0 bridgehead atoms. The molecule has 0 fully saturated rings. The molecule has 3 rings (SSSR count). The molecule has 3 aromatic rings. The first-order valence-electron chi connectivity index (χ1n) is 8.64. The number of halogens is 4. The Labute approximate surface area is 201 Å². The minimum absolute atomic E-state index is 0.259. The molecular formula is C21H18ClFI2N2O2. The number of aryl methyl sites for hydroxylation is 2. The summed E-state index contributed by atoms with van der Waals surface area (Å²) in [5, 5.41) is 16.2. The Morgan fingerprint density at radius 3 is 2.72 bits per heavy atom. The van der Waals surface area contributed by atoms with Crippen molar-refractivity contribution < 1.29 is 14.2 Å². The second-order valence-corrected chi connectivity index (χ2v) is 9.21. The summed E-state index contributed by atoms with van der Waals surface area (Å²) in [5.41, 5.74) is 3.16. The molecule has 0 saturated carbocycles. The van der Waals surface area contributed by atoms with E-state index in [4.69, 9.17) is 16.3 Å². The van der Waals surface area contributed by atoms with Gasteiger partial charge >= 0.3 is 0 Å². The summed E-state index contributed by atoms with van der Waals surface area (Å²) in [6, 6.07) is 8.04. The molecule has 0 radical (unpaired) electrons. The molecule has 0 saturated heterocycles. The fraction of sp³-hybridized carbons (Fsp3) is 0.190. The zero-order valence-electron chi connectivity index (χ0n) is 15.7. The van der Waals surface area contributed by atoms with E-state index < -0.39 is 11.9 Å². The zero-order valence-corrected chi connectivity index (χ0v) is 20.8. The van der Waals surface area contributed by atoms with Gasteiger partial charge in [0.15, 0.2) is 0 Å². The van der Waals surface area contributed by atoms with Crippen molar-refractivity contribution in [2.45, 2.75) is 13.0 Å². The van der Waals surface area contributed by atoms with E-state index in [0.717, 1.165) is 7.14 Å². The number of hydrogen-bond donors (Lipinski definition) is 1. The van der Waals surface area contributed by atoms with Gasteiger partial charge in [0.1, 0.15) is 24.3 Å². The average Bonchev–Trinajstić information content (AvgIpc) is 2.93. The van der Waals surface area contributed by atoms with Gasteiger partial charge in [-0.15, -0.1) is 0 Å². The molecule has 2 aromatic carbocycles. The summed E-state index contributed by atoms with van der Waals surface area (Å²) < 4.78 is 22.9. The molecule has 152 valence electrons. The third-order valence-electron chi connectivity index (χ3n) is 4.41. The largest absolute Gasteiger partial charge is 0.489 e. The smallest absolute Gasteiger partial charge is 0.128 e. The van der Waals surface area contributed by atoms with Crippen molar-refractivity contribution in [1.82, 2.24) is 9.78 Å². The van der Waals surface area contributed by atoms with Crippen molar-refractivity contribution in [3.63, 3.8) is 0 Å².